The lowest BCUT2D eigenvalue weighted by atomic mass is 10.3. The number of benzene rings is 2. The molecule has 128 valence electrons. The van der Waals surface area contributed by atoms with Crippen molar-refractivity contribution in [1.29, 1.82) is 0 Å². The Bertz CT molecular complexity index is 824. The quantitative estimate of drug-likeness (QED) is 0.650. The van der Waals surface area contributed by atoms with Gasteiger partial charge >= 0.3 is 5.97 Å². The van der Waals surface area contributed by atoms with E-state index in [4.69, 9.17) is 16.3 Å². The van der Waals surface area contributed by atoms with Crippen LogP contribution in [0.4, 0.5) is 5.69 Å². The highest BCUT2D eigenvalue weighted by Crippen LogP contribution is 2.27. The summed E-state index contributed by atoms with van der Waals surface area (Å²) >= 11 is 9.12. The Kier molecular flexibility index (Phi) is 6.26. The number of hydrogen-bond donors (Lipinski definition) is 0. The van der Waals surface area contributed by atoms with Gasteiger partial charge in [0.1, 0.15) is 6.54 Å². The van der Waals surface area contributed by atoms with E-state index in [9.17, 15) is 13.2 Å². The van der Waals surface area contributed by atoms with Gasteiger partial charge in [-0.25, -0.2) is 8.42 Å². The Hall–Kier alpha value is -1.57. The molecule has 0 aliphatic carbocycles. The molecule has 0 fully saturated rings. The maximum atomic E-state index is 13.0. The molecule has 0 amide bonds. The molecule has 0 atom stereocenters. The second-order valence-electron chi connectivity index (χ2n) is 4.75. The van der Waals surface area contributed by atoms with Gasteiger partial charge in [-0.1, -0.05) is 33.6 Å². The minimum absolute atomic E-state index is 0.0381. The fourth-order valence-corrected chi connectivity index (χ4v) is 3.92. The highest BCUT2D eigenvalue weighted by atomic mass is 79.9. The molecule has 5 nitrogen and oxygen atoms in total. The van der Waals surface area contributed by atoms with Gasteiger partial charge in [-0.2, -0.15) is 0 Å². The third-order valence-electron chi connectivity index (χ3n) is 3.08. The van der Waals surface area contributed by atoms with E-state index in [1.54, 1.807) is 31.2 Å². The predicted molar refractivity (Wildman–Crippen MR) is 96.8 cm³/mol. The molecule has 2 rings (SSSR count). The summed E-state index contributed by atoms with van der Waals surface area (Å²) in [5, 5.41) is 0.424. The van der Waals surface area contributed by atoms with Crippen LogP contribution in [0, 0.1) is 0 Å². The summed E-state index contributed by atoms with van der Waals surface area (Å²) in [6.45, 7) is 1.41. The van der Waals surface area contributed by atoms with E-state index in [0.29, 0.717) is 15.2 Å². The maximum absolute atomic E-state index is 13.0. The minimum Gasteiger partial charge on any atom is -0.465 e. The van der Waals surface area contributed by atoms with Gasteiger partial charge in [0.15, 0.2) is 0 Å². The molecule has 8 heteroatoms. The number of rotatable bonds is 6. The number of ether oxygens (including phenoxy) is 1. The first-order chi connectivity index (χ1) is 11.3. The summed E-state index contributed by atoms with van der Waals surface area (Å²) in [5.41, 5.74) is 0.354. The van der Waals surface area contributed by atoms with Gasteiger partial charge in [-0.05, 0) is 49.4 Å². The first-order valence-electron chi connectivity index (χ1n) is 7.04. The van der Waals surface area contributed by atoms with Crippen molar-refractivity contribution in [3.63, 3.8) is 0 Å². The largest absolute Gasteiger partial charge is 0.465 e. The second-order valence-corrected chi connectivity index (χ2v) is 7.96. The molecule has 0 spiro atoms. The van der Waals surface area contributed by atoms with E-state index in [2.05, 4.69) is 15.9 Å². The zero-order valence-corrected chi connectivity index (χ0v) is 15.9. The lowest BCUT2D eigenvalue weighted by molar-refractivity contribution is -0.141. The van der Waals surface area contributed by atoms with Gasteiger partial charge in [0.05, 0.1) is 17.2 Å². The van der Waals surface area contributed by atoms with Crippen molar-refractivity contribution in [3.05, 3.63) is 58.0 Å². The highest BCUT2D eigenvalue weighted by Gasteiger charge is 2.27. The van der Waals surface area contributed by atoms with Gasteiger partial charge in [0.2, 0.25) is 0 Å². The Morgan fingerprint density at radius 3 is 2.46 bits per heavy atom. The van der Waals surface area contributed by atoms with Crippen molar-refractivity contribution >= 4 is 49.2 Å². The normalized spacial score (nSPS) is 11.1. The van der Waals surface area contributed by atoms with Crippen molar-refractivity contribution in [2.45, 2.75) is 11.8 Å². The summed E-state index contributed by atoms with van der Waals surface area (Å²) < 4.78 is 32.5. The van der Waals surface area contributed by atoms with Crippen molar-refractivity contribution in [1.82, 2.24) is 0 Å². The van der Waals surface area contributed by atoms with Crippen LogP contribution in [0.5, 0.6) is 0 Å². The molecule has 0 saturated carbocycles. The molecule has 24 heavy (non-hydrogen) atoms. The van der Waals surface area contributed by atoms with Gasteiger partial charge in [-0.3, -0.25) is 9.10 Å². The third-order valence-corrected chi connectivity index (χ3v) is 5.61. The molecule has 0 unspecified atom stereocenters. The van der Waals surface area contributed by atoms with Crippen LogP contribution in [-0.4, -0.2) is 27.5 Å². The van der Waals surface area contributed by atoms with Crippen LogP contribution in [0.1, 0.15) is 6.92 Å². The van der Waals surface area contributed by atoms with E-state index in [1.807, 2.05) is 0 Å². The number of carbonyl (C=O) groups excluding carboxylic acids is 1. The summed E-state index contributed by atoms with van der Waals surface area (Å²) in [5.74, 6) is -0.630. The average molecular weight is 433 g/mol. The van der Waals surface area contributed by atoms with Crippen LogP contribution in [0.2, 0.25) is 5.02 Å². The van der Waals surface area contributed by atoms with Crippen molar-refractivity contribution < 1.29 is 17.9 Å². The van der Waals surface area contributed by atoms with Gasteiger partial charge in [0, 0.05) is 9.50 Å². The maximum Gasteiger partial charge on any atom is 0.326 e. The standard InChI is InChI=1S/C16H15BrClNO4S/c1-2-23-16(20)11-19(14-5-3-4-12(17)10-14)24(21,22)15-8-6-13(18)7-9-15/h3-10H,2,11H2,1H3. The van der Waals surface area contributed by atoms with Crippen LogP contribution >= 0.6 is 27.5 Å². The Labute approximate surface area is 154 Å². The van der Waals surface area contributed by atoms with Crippen molar-refractivity contribution in [3.8, 4) is 0 Å². The number of esters is 1. The first kappa shape index (κ1) is 18.8. The Morgan fingerprint density at radius 2 is 1.88 bits per heavy atom. The summed E-state index contributed by atoms with van der Waals surface area (Å²) in [6, 6.07) is 12.4. The SMILES string of the molecule is CCOC(=O)CN(c1cccc(Br)c1)S(=O)(=O)c1ccc(Cl)cc1. The number of halogens is 2. The molecular formula is C16H15BrClNO4S. The fourth-order valence-electron chi connectivity index (χ4n) is 2.00. The fraction of sp³-hybridized carbons (Fsp3) is 0.188. The first-order valence-corrected chi connectivity index (χ1v) is 9.65. The second kappa shape index (κ2) is 8.00. The number of nitrogens with zero attached hydrogens (tertiary/aromatic N) is 1. The number of sulfonamides is 1. The van der Waals surface area contributed by atoms with Crippen LogP contribution in [0.3, 0.4) is 0 Å². The molecule has 0 N–H and O–H groups in total. The molecule has 0 aliphatic heterocycles. The number of hydrogen-bond acceptors (Lipinski definition) is 4. The van der Waals surface area contributed by atoms with Crippen LogP contribution in [-0.2, 0) is 19.6 Å². The molecule has 0 radical (unpaired) electrons. The van der Waals surface area contributed by atoms with Crippen molar-refractivity contribution in [2.24, 2.45) is 0 Å². The molecule has 2 aromatic rings. The summed E-state index contributed by atoms with van der Waals surface area (Å²) in [4.78, 5) is 11.9. The smallest absolute Gasteiger partial charge is 0.326 e. The zero-order valence-electron chi connectivity index (χ0n) is 12.8. The van der Waals surface area contributed by atoms with E-state index < -0.39 is 22.5 Å². The third kappa shape index (κ3) is 4.49. The molecule has 0 aliphatic rings. The van der Waals surface area contributed by atoms with Crippen LogP contribution < -0.4 is 4.31 Å². The molecule has 0 bridgehead atoms. The molecule has 0 saturated heterocycles. The minimum atomic E-state index is -3.95. The molecule has 0 heterocycles. The topological polar surface area (TPSA) is 63.7 Å². The monoisotopic (exact) mass is 431 g/mol. The number of anilines is 1. The van der Waals surface area contributed by atoms with Gasteiger partial charge < -0.3 is 4.74 Å². The molecule has 2 aromatic carbocycles. The van der Waals surface area contributed by atoms with E-state index in [-0.39, 0.29) is 11.5 Å². The van der Waals surface area contributed by atoms with Gasteiger partial charge in [0.25, 0.3) is 10.0 Å². The predicted octanol–water partition coefficient (Wildman–Crippen LogP) is 3.86. The highest BCUT2D eigenvalue weighted by molar-refractivity contribution is 9.10. The molecule has 0 aromatic heterocycles. The van der Waals surface area contributed by atoms with E-state index in [1.165, 1.54) is 24.3 Å². The zero-order chi connectivity index (χ0) is 17.7. The van der Waals surface area contributed by atoms with Crippen LogP contribution in [0.25, 0.3) is 0 Å². The average Bonchev–Trinajstić information content (AvgIpc) is 2.53. The molecular weight excluding hydrogens is 418 g/mol. The van der Waals surface area contributed by atoms with Crippen LogP contribution in [0.15, 0.2) is 57.9 Å². The Balaban J connectivity index is 2.48. The number of carbonyl (C=O) groups is 1. The lowest BCUT2D eigenvalue weighted by Gasteiger charge is -2.23. The summed E-state index contributed by atoms with van der Waals surface area (Å²) in [7, 11) is -3.95. The van der Waals surface area contributed by atoms with E-state index in [0.717, 1.165) is 4.31 Å². The van der Waals surface area contributed by atoms with Gasteiger partial charge in [-0.15, -0.1) is 0 Å². The summed E-state index contributed by atoms with van der Waals surface area (Å²) in [6.07, 6.45) is 0. The lowest BCUT2D eigenvalue weighted by Crippen LogP contribution is -2.36. The Morgan fingerprint density at radius 1 is 1.21 bits per heavy atom. The van der Waals surface area contributed by atoms with E-state index >= 15 is 0 Å². The van der Waals surface area contributed by atoms with Crippen molar-refractivity contribution in [2.75, 3.05) is 17.5 Å².